The molecule has 1 aromatic rings. The number of halogens is 1. The van der Waals surface area contributed by atoms with Crippen molar-refractivity contribution in [2.75, 3.05) is 19.7 Å². The monoisotopic (exact) mass is 229 g/mol. The molecule has 0 aliphatic rings. The van der Waals surface area contributed by atoms with E-state index in [0.29, 0.717) is 13.1 Å². The van der Waals surface area contributed by atoms with E-state index in [1.54, 1.807) is 0 Å². The highest BCUT2D eigenvalue weighted by Crippen LogP contribution is 2.04. The Morgan fingerprint density at radius 1 is 1.53 bits per heavy atom. The van der Waals surface area contributed by atoms with Crippen molar-refractivity contribution in [1.82, 2.24) is 14.9 Å². The predicted octanol–water partition coefficient (Wildman–Crippen LogP) is 0.584. The molecular weight excluding hydrogens is 218 g/mol. The van der Waals surface area contributed by atoms with E-state index < -0.39 is 0 Å². The second-order valence-electron chi connectivity index (χ2n) is 2.83. The summed E-state index contributed by atoms with van der Waals surface area (Å²) in [5.74, 6) is -0.254. The van der Waals surface area contributed by atoms with E-state index in [4.69, 9.17) is 16.7 Å². The molecule has 0 atom stereocenters. The number of amides is 1. The van der Waals surface area contributed by atoms with Crippen molar-refractivity contribution in [2.24, 2.45) is 0 Å². The summed E-state index contributed by atoms with van der Waals surface area (Å²) < 4.78 is 0. The summed E-state index contributed by atoms with van der Waals surface area (Å²) in [6, 6.07) is 0. The topological polar surface area (TPSA) is 66.3 Å². The van der Waals surface area contributed by atoms with Crippen molar-refractivity contribution < 1.29 is 9.90 Å². The van der Waals surface area contributed by atoms with Gasteiger partial charge in [-0.05, 0) is 6.92 Å². The summed E-state index contributed by atoms with van der Waals surface area (Å²) in [4.78, 5) is 20.9. The number of nitrogens with zero attached hydrogens (tertiary/aromatic N) is 3. The van der Waals surface area contributed by atoms with E-state index in [-0.39, 0.29) is 23.4 Å². The summed E-state index contributed by atoms with van der Waals surface area (Å²) in [6.45, 7) is 2.57. The van der Waals surface area contributed by atoms with E-state index >= 15 is 0 Å². The molecule has 0 bridgehead atoms. The average molecular weight is 230 g/mol. The molecule has 0 saturated carbocycles. The van der Waals surface area contributed by atoms with Crippen LogP contribution in [0.2, 0.25) is 5.15 Å². The zero-order chi connectivity index (χ0) is 11.3. The highest BCUT2D eigenvalue weighted by Gasteiger charge is 2.14. The molecule has 0 aliphatic heterocycles. The maximum atomic E-state index is 11.7. The van der Waals surface area contributed by atoms with Crippen LogP contribution in [-0.2, 0) is 0 Å². The Kier molecular flexibility index (Phi) is 4.45. The number of aliphatic hydroxyl groups is 1. The number of hydrogen-bond acceptors (Lipinski definition) is 4. The first-order chi connectivity index (χ1) is 7.19. The lowest BCUT2D eigenvalue weighted by Gasteiger charge is -2.18. The second kappa shape index (κ2) is 5.63. The Morgan fingerprint density at radius 3 is 2.73 bits per heavy atom. The van der Waals surface area contributed by atoms with Gasteiger partial charge in [0.1, 0.15) is 10.8 Å². The molecule has 5 nitrogen and oxygen atoms in total. The van der Waals surface area contributed by atoms with E-state index in [1.165, 1.54) is 17.3 Å². The van der Waals surface area contributed by atoms with Crippen LogP contribution < -0.4 is 0 Å². The number of hydrogen-bond donors (Lipinski definition) is 1. The minimum atomic E-state index is -0.254. The fourth-order valence-electron chi connectivity index (χ4n) is 1.11. The SMILES string of the molecule is CCN(CCO)C(=O)c1cnc(Cl)cn1. The van der Waals surface area contributed by atoms with Crippen molar-refractivity contribution in [3.05, 3.63) is 23.2 Å². The zero-order valence-electron chi connectivity index (χ0n) is 8.35. The summed E-state index contributed by atoms with van der Waals surface area (Å²) in [7, 11) is 0. The number of carbonyl (C=O) groups excluding carboxylic acids is 1. The number of aromatic nitrogens is 2. The first kappa shape index (κ1) is 11.9. The van der Waals surface area contributed by atoms with E-state index in [9.17, 15) is 4.79 Å². The molecule has 0 unspecified atom stereocenters. The van der Waals surface area contributed by atoms with Crippen LogP contribution in [0, 0.1) is 0 Å². The fraction of sp³-hybridized carbons (Fsp3) is 0.444. The Bertz CT molecular complexity index is 329. The van der Waals surface area contributed by atoms with Crippen LogP contribution in [0.1, 0.15) is 17.4 Å². The molecule has 1 aromatic heterocycles. The molecule has 0 aromatic carbocycles. The summed E-state index contributed by atoms with van der Waals surface area (Å²) in [5.41, 5.74) is 0.231. The van der Waals surface area contributed by atoms with Gasteiger partial charge in [0.05, 0.1) is 19.0 Å². The molecular formula is C9H12ClN3O2. The van der Waals surface area contributed by atoms with Crippen LogP contribution >= 0.6 is 11.6 Å². The van der Waals surface area contributed by atoms with Crippen molar-refractivity contribution in [2.45, 2.75) is 6.92 Å². The highest BCUT2D eigenvalue weighted by atomic mass is 35.5. The third-order valence-corrected chi connectivity index (χ3v) is 2.07. The Labute approximate surface area is 92.7 Å². The molecule has 6 heteroatoms. The molecule has 0 aliphatic carbocycles. The second-order valence-corrected chi connectivity index (χ2v) is 3.22. The van der Waals surface area contributed by atoms with Gasteiger partial charge in [0.25, 0.3) is 5.91 Å². The largest absolute Gasteiger partial charge is 0.395 e. The lowest BCUT2D eigenvalue weighted by Crippen LogP contribution is -2.33. The third kappa shape index (κ3) is 3.14. The number of likely N-dealkylation sites (N-methyl/N-ethyl adjacent to an activating group) is 1. The van der Waals surface area contributed by atoms with E-state index in [1.807, 2.05) is 6.92 Å². The molecule has 1 N–H and O–H groups in total. The molecule has 1 heterocycles. The van der Waals surface area contributed by atoms with E-state index in [2.05, 4.69) is 9.97 Å². The van der Waals surface area contributed by atoms with E-state index in [0.717, 1.165) is 0 Å². The number of aliphatic hydroxyl groups excluding tert-OH is 1. The van der Waals surface area contributed by atoms with Crippen molar-refractivity contribution in [3.63, 3.8) is 0 Å². The van der Waals surface area contributed by atoms with Crippen LogP contribution in [0.25, 0.3) is 0 Å². The van der Waals surface area contributed by atoms with Crippen LogP contribution in [0.3, 0.4) is 0 Å². The van der Waals surface area contributed by atoms with Gasteiger partial charge in [-0.2, -0.15) is 0 Å². The Morgan fingerprint density at radius 2 is 2.27 bits per heavy atom. The first-order valence-electron chi connectivity index (χ1n) is 4.56. The zero-order valence-corrected chi connectivity index (χ0v) is 9.11. The van der Waals surface area contributed by atoms with Gasteiger partial charge in [-0.3, -0.25) is 4.79 Å². The molecule has 0 radical (unpaired) electrons. The Balaban J connectivity index is 2.78. The lowest BCUT2D eigenvalue weighted by atomic mass is 10.3. The predicted molar refractivity (Wildman–Crippen MR) is 55.7 cm³/mol. The highest BCUT2D eigenvalue weighted by molar-refractivity contribution is 6.29. The summed E-state index contributed by atoms with van der Waals surface area (Å²) >= 11 is 5.55. The molecule has 0 fully saturated rings. The van der Waals surface area contributed by atoms with Gasteiger partial charge in [0.15, 0.2) is 0 Å². The van der Waals surface area contributed by atoms with Gasteiger partial charge in [0, 0.05) is 13.1 Å². The third-order valence-electron chi connectivity index (χ3n) is 1.88. The normalized spacial score (nSPS) is 10.1. The molecule has 0 saturated heterocycles. The molecule has 0 spiro atoms. The maximum Gasteiger partial charge on any atom is 0.274 e. The van der Waals surface area contributed by atoms with Gasteiger partial charge in [-0.1, -0.05) is 11.6 Å². The fourth-order valence-corrected chi connectivity index (χ4v) is 1.21. The molecule has 82 valence electrons. The Hall–Kier alpha value is -1.20. The number of rotatable bonds is 4. The van der Waals surface area contributed by atoms with Gasteiger partial charge in [-0.25, -0.2) is 9.97 Å². The number of carbonyl (C=O) groups is 1. The molecule has 1 rings (SSSR count). The van der Waals surface area contributed by atoms with Gasteiger partial charge in [0.2, 0.25) is 0 Å². The van der Waals surface area contributed by atoms with Crippen LogP contribution in [0.15, 0.2) is 12.4 Å². The van der Waals surface area contributed by atoms with Gasteiger partial charge in [-0.15, -0.1) is 0 Å². The first-order valence-corrected chi connectivity index (χ1v) is 4.94. The van der Waals surface area contributed by atoms with Gasteiger partial charge < -0.3 is 10.0 Å². The summed E-state index contributed by atoms with van der Waals surface area (Å²) in [6.07, 6.45) is 2.65. The smallest absolute Gasteiger partial charge is 0.274 e. The lowest BCUT2D eigenvalue weighted by molar-refractivity contribution is 0.0725. The molecule has 1 amide bonds. The minimum Gasteiger partial charge on any atom is -0.395 e. The van der Waals surface area contributed by atoms with Crippen LogP contribution in [0.5, 0.6) is 0 Å². The summed E-state index contributed by atoms with van der Waals surface area (Å²) in [5, 5.41) is 9.00. The molecule has 15 heavy (non-hydrogen) atoms. The standard InChI is InChI=1S/C9H12ClN3O2/c1-2-13(3-4-14)9(15)7-5-12-8(10)6-11-7/h5-6,14H,2-4H2,1H3. The average Bonchev–Trinajstić information content (AvgIpc) is 2.26. The van der Waals surface area contributed by atoms with Crippen molar-refractivity contribution >= 4 is 17.5 Å². The van der Waals surface area contributed by atoms with Crippen LogP contribution in [-0.4, -0.2) is 45.6 Å². The minimum absolute atomic E-state index is 0.0689. The van der Waals surface area contributed by atoms with Gasteiger partial charge >= 0.3 is 0 Å². The quantitative estimate of drug-likeness (QED) is 0.821. The van der Waals surface area contributed by atoms with Crippen molar-refractivity contribution in [1.29, 1.82) is 0 Å². The maximum absolute atomic E-state index is 11.7. The van der Waals surface area contributed by atoms with Crippen molar-refractivity contribution in [3.8, 4) is 0 Å². The van der Waals surface area contributed by atoms with Crippen LogP contribution in [0.4, 0.5) is 0 Å².